The summed E-state index contributed by atoms with van der Waals surface area (Å²) in [5.41, 5.74) is 4.89. The summed E-state index contributed by atoms with van der Waals surface area (Å²) in [5.74, 6) is -0.179. The Labute approximate surface area is 200 Å². The Morgan fingerprint density at radius 3 is 2.47 bits per heavy atom. The van der Waals surface area contributed by atoms with Gasteiger partial charge in [0.15, 0.2) is 0 Å². The van der Waals surface area contributed by atoms with Crippen LogP contribution in [-0.2, 0) is 9.59 Å². The van der Waals surface area contributed by atoms with Gasteiger partial charge in [-0.1, -0.05) is 67.9 Å². The standard InChI is InChI=1S/C27H32N4O3/c1-16(2)14-28-25(32)24(19-9-7-6-8-10-19)31-15-21-22(26(31)33)23(29-27(34)30(21)5)20-12-11-17(3)13-18(20)4/h6-13,16,23-24H,14-15H2,1-5H3,(H,28,32)(H,29,34)/t23-,24-/m1/s1. The highest BCUT2D eigenvalue weighted by molar-refractivity contribution is 6.03. The lowest BCUT2D eigenvalue weighted by molar-refractivity contribution is -0.136. The van der Waals surface area contributed by atoms with Crippen molar-refractivity contribution in [3.63, 3.8) is 0 Å². The summed E-state index contributed by atoms with van der Waals surface area (Å²) >= 11 is 0. The van der Waals surface area contributed by atoms with Gasteiger partial charge in [0.1, 0.15) is 6.04 Å². The van der Waals surface area contributed by atoms with Crippen molar-refractivity contribution in [1.82, 2.24) is 20.4 Å². The summed E-state index contributed by atoms with van der Waals surface area (Å²) in [4.78, 5) is 43.2. The number of urea groups is 1. The van der Waals surface area contributed by atoms with E-state index in [1.165, 1.54) is 4.90 Å². The molecule has 2 aliphatic rings. The first-order valence-electron chi connectivity index (χ1n) is 11.7. The minimum atomic E-state index is -0.790. The highest BCUT2D eigenvalue weighted by Gasteiger charge is 2.46. The van der Waals surface area contributed by atoms with Crippen LogP contribution in [0.15, 0.2) is 59.8 Å². The lowest BCUT2D eigenvalue weighted by Crippen LogP contribution is -2.45. The van der Waals surface area contributed by atoms with Crippen LogP contribution >= 0.6 is 0 Å². The van der Waals surface area contributed by atoms with Gasteiger partial charge in [0.05, 0.1) is 23.9 Å². The van der Waals surface area contributed by atoms with Crippen LogP contribution in [0.3, 0.4) is 0 Å². The number of carbonyl (C=O) groups is 3. The number of amides is 4. The lowest BCUT2D eigenvalue weighted by Gasteiger charge is -2.31. The summed E-state index contributed by atoms with van der Waals surface area (Å²) in [6, 6.07) is 13.7. The number of benzene rings is 2. The largest absolute Gasteiger partial charge is 0.354 e. The second kappa shape index (κ2) is 9.33. The van der Waals surface area contributed by atoms with Gasteiger partial charge in [-0.05, 0) is 36.5 Å². The average Bonchev–Trinajstić information content (AvgIpc) is 3.13. The zero-order valence-electron chi connectivity index (χ0n) is 20.4. The molecule has 0 aromatic heterocycles. The van der Waals surface area contributed by atoms with E-state index < -0.39 is 12.1 Å². The molecule has 2 aromatic rings. The maximum atomic E-state index is 13.9. The van der Waals surface area contributed by atoms with Crippen molar-refractivity contribution >= 4 is 17.8 Å². The van der Waals surface area contributed by atoms with E-state index in [1.54, 1.807) is 11.9 Å². The van der Waals surface area contributed by atoms with Crippen molar-refractivity contribution in [1.29, 1.82) is 0 Å². The first-order chi connectivity index (χ1) is 16.2. The van der Waals surface area contributed by atoms with Crippen LogP contribution in [-0.4, -0.2) is 47.8 Å². The Balaban J connectivity index is 1.74. The number of nitrogens with zero attached hydrogens (tertiary/aromatic N) is 2. The molecule has 0 radical (unpaired) electrons. The van der Waals surface area contributed by atoms with Gasteiger partial charge in [0.2, 0.25) is 5.91 Å². The maximum absolute atomic E-state index is 13.9. The molecule has 2 atom stereocenters. The molecule has 7 heteroatoms. The quantitative estimate of drug-likeness (QED) is 0.691. The fraction of sp³-hybridized carbons (Fsp3) is 0.370. The summed E-state index contributed by atoms with van der Waals surface area (Å²) in [6.45, 7) is 8.75. The molecule has 0 fully saturated rings. The Morgan fingerprint density at radius 2 is 1.82 bits per heavy atom. The molecule has 2 N–H and O–H groups in total. The number of likely N-dealkylation sites (N-methyl/N-ethyl adjacent to an activating group) is 1. The number of hydrogen-bond acceptors (Lipinski definition) is 3. The van der Waals surface area contributed by atoms with Crippen LogP contribution in [0.4, 0.5) is 4.79 Å². The Morgan fingerprint density at radius 1 is 1.12 bits per heavy atom. The predicted octanol–water partition coefficient (Wildman–Crippen LogP) is 3.61. The van der Waals surface area contributed by atoms with E-state index in [0.29, 0.717) is 17.8 Å². The van der Waals surface area contributed by atoms with Crippen LogP contribution in [0.1, 0.15) is 48.2 Å². The lowest BCUT2D eigenvalue weighted by atomic mass is 9.91. The summed E-state index contributed by atoms with van der Waals surface area (Å²) in [7, 11) is 1.66. The number of aryl methyl sites for hydroxylation is 2. The zero-order chi connectivity index (χ0) is 24.6. The van der Waals surface area contributed by atoms with Crippen molar-refractivity contribution in [3.8, 4) is 0 Å². The fourth-order valence-corrected chi connectivity index (χ4v) is 4.69. The van der Waals surface area contributed by atoms with Crippen LogP contribution in [0.5, 0.6) is 0 Å². The van der Waals surface area contributed by atoms with Gasteiger partial charge in [-0.15, -0.1) is 0 Å². The van der Waals surface area contributed by atoms with Crippen LogP contribution < -0.4 is 10.6 Å². The third kappa shape index (κ3) is 4.30. The molecule has 0 saturated carbocycles. The molecule has 0 saturated heterocycles. The second-order valence-corrected chi connectivity index (χ2v) is 9.55. The maximum Gasteiger partial charge on any atom is 0.322 e. The Kier molecular flexibility index (Phi) is 6.46. The van der Waals surface area contributed by atoms with E-state index in [4.69, 9.17) is 0 Å². The molecule has 34 heavy (non-hydrogen) atoms. The third-order valence-corrected chi connectivity index (χ3v) is 6.48. The van der Waals surface area contributed by atoms with Gasteiger partial charge in [-0.3, -0.25) is 14.5 Å². The molecule has 2 aromatic carbocycles. The van der Waals surface area contributed by atoms with E-state index in [0.717, 1.165) is 22.3 Å². The minimum absolute atomic E-state index is 0.189. The molecule has 2 aliphatic heterocycles. The third-order valence-electron chi connectivity index (χ3n) is 6.48. The Bertz CT molecular complexity index is 1160. The molecule has 178 valence electrons. The van der Waals surface area contributed by atoms with E-state index in [2.05, 4.69) is 10.6 Å². The van der Waals surface area contributed by atoms with Gasteiger partial charge < -0.3 is 15.5 Å². The SMILES string of the molecule is Cc1ccc([C@H]2NC(=O)N(C)C3=C2C(=O)N([C@@H](C(=O)NCC(C)C)c2ccccc2)C3)c(C)c1. The van der Waals surface area contributed by atoms with Crippen molar-refractivity contribution < 1.29 is 14.4 Å². The van der Waals surface area contributed by atoms with Crippen molar-refractivity contribution in [2.75, 3.05) is 20.1 Å². The molecule has 0 unspecified atom stereocenters. The van der Waals surface area contributed by atoms with Crippen LogP contribution in [0, 0.1) is 19.8 Å². The van der Waals surface area contributed by atoms with Gasteiger partial charge in [-0.2, -0.15) is 0 Å². The second-order valence-electron chi connectivity index (χ2n) is 9.55. The fourth-order valence-electron chi connectivity index (χ4n) is 4.69. The first kappa shape index (κ1) is 23.5. The highest BCUT2D eigenvalue weighted by atomic mass is 16.2. The number of carbonyl (C=O) groups excluding carboxylic acids is 3. The van der Waals surface area contributed by atoms with E-state index in [1.807, 2.05) is 76.2 Å². The van der Waals surface area contributed by atoms with E-state index in [-0.39, 0.29) is 30.3 Å². The summed E-state index contributed by atoms with van der Waals surface area (Å²) in [5, 5.41) is 5.98. The average molecular weight is 461 g/mol. The Hall–Kier alpha value is -3.61. The van der Waals surface area contributed by atoms with Crippen molar-refractivity contribution in [3.05, 3.63) is 82.1 Å². The predicted molar refractivity (Wildman–Crippen MR) is 131 cm³/mol. The molecular weight excluding hydrogens is 428 g/mol. The smallest absolute Gasteiger partial charge is 0.322 e. The minimum Gasteiger partial charge on any atom is -0.354 e. The molecular formula is C27H32N4O3. The van der Waals surface area contributed by atoms with E-state index >= 15 is 0 Å². The van der Waals surface area contributed by atoms with Crippen LogP contribution in [0.2, 0.25) is 0 Å². The topological polar surface area (TPSA) is 81.8 Å². The molecule has 4 amide bonds. The van der Waals surface area contributed by atoms with Crippen LogP contribution in [0.25, 0.3) is 0 Å². The monoisotopic (exact) mass is 460 g/mol. The molecule has 0 spiro atoms. The molecule has 4 rings (SSSR count). The molecule has 2 heterocycles. The molecule has 0 aliphatic carbocycles. The van der Waals surface area contributed by atoms with Crippen molar-refractivity contribution in [2.24, 2.45) is 5.92 Å². The van der Waals surface area contributed by atoms with Gasteiger partial charge in [0.25, 0.3) is 5.91 Å². The first-order valence-corrected chi connectivity index (χ1v) is 11.7. The van der Waals surface area contributed by atoms with Gasteiger partial charge in [0, 0.05) is 13.6 Å². The highest BCUT2D eigenvalue weighted by Crippen LogP contribution is 2.40. The van der Waals surface area contributed by atoms with Gasteiger partial charge in [-0.25, -0.2) is 4.79 Å². The molecule has 7 nitrogen and oxygen atoms in total. The number of nitrogens with one attached hydrogen (secondary N) is 2. The van der Waals surface area contributed by atoms with Crippen molar-refractivity contribution in [2.45, 2.75) is 39.8 Å². The zero-order valence-corrected chi connectivity index (χ0v) is 20.4. The summed E-state index contributed by atoms with van der Waals surface area (Å²) in [6.07, 6.45) is 0. The summed E-state index contributed by atoms with van der Waals surface area (Å²) < 4.78 is 0. The van der Waals surface area contributed by atoms with E-state index in [9.17, 15) is 14.4 Å². The normalized spacial score (nSPS) is 18.8. The van der Waals surface area contributed by atoms with Gasteiger partial charge >= 0.3 is 6.03 Å². The number of rotatable bonds is 6. The number of hydrogen-bond donors (Lipinski definition) is 2. The molecule has 0 bridgehead atoms.